The van der Waals surface area contributed by atoms with Gasteiger partial charge in [0.2, 0.25) is 0 Å². The Bertz CT molecular complexity index is 1160. The molecule has 2 atom stereocenters. The number of halogens is 1. The molecule has 2 bridgehead atoms. The van der Waals surface area contributed by atoms with Crippen LogP contribution in [-0.4, -0.2) is 72.5 Å². The lowest BCUT2D eigenvalue weighted by Gasteiger charge is -2.57. The van der Waals surface area contributed by atoms with Crippen LogP contribution in [0.3, 0.4) is 0 Å². The van der Waals surface area contributed by atoms with E-state index in [0.717, 1.165) is 37.5 Å². The van der Waals surface area contributed by atoms with Crippen molar-refractivity contribution >= 4 is 11.9 Å². The van der Waals surface area contributed by atoms with Crippen LogP contribution in [-0.2, 0) is 6.54 Å². The van der Waals surface area contributed by atoms with Gasteiger partial charge in [-0.2, -0.15) is 0 Å². The normalized spacial score (nSPS) is 22.3. The predicted molar refractivity (Wildman–Crippen MR) is 147 cm³/mol. The first-order chi connectivity index (χ1) is 18.3. The van der Waals surface area contributed by atoms with Crippen LogP contribution in [0, 0.1) is 23.1 Å². The van der Waals surface area contributed by atoms with E-state index in [2.05, 4.69) is 30.1 Å². The summed E-state index contributed by atoms with van der Waals surface area (Å²) in [6.45, 7) is 10.1. The van der Waals surface area contributed by atoms with Crippen molar-refractivity contribution in [2.24, 2.45) is 17.3 Å². The molecule has 2 fully saturated rings. The summed E-state index contributed by atoms with van der Waals surface area (Å²) in [4.78, 5) is 32.3. The average Bonchev–Trinajstić information content (AvgIpc) is 2.94. The molecule has 2 aromatic carbocycles. The first-order valence-electron chi connectivity index (χ1n) is 13.8. The molecule has 4 aliphatic rings. The number of amides is 3. The van der Waals surface area contributed by atoms with Gasteiger partial charge in [-0.1, -0.05) is 55.8 Å². The van der Waals surface area contributed by atoms with E-state index in [4.69, 9.17) is 0 Å². The SMILES string of the molecule is CC1(C)C2CC=C(CN(CCN3CCN(C(=O)NCc4ccccc4)CC3)C(=O)c3ccc(F)cc3)C1C2. The lowest BCUT2D eigenvalue weighted by molar-refractivity contribution is -0.0105. The zero-order valence-electron chi connectivity index (χ0n) is 22.5. The summed E-state index contributed by atoms with van der Waals surface area (Å²) in [7, 11) is 0. The molecule has 0 radical (unpaired) electrons. The van der Waals surface area contributed by atoms with E-state index < -0.39 is 0 Å². The minimum absolute atomic E-state index is 0.0349. The van der Waals surface area contributed by atoms with Gasteiger partial charge in [-0.05, 0) is 59.9 Å². The molecule has 1 N–H and O–H groups in total. The molecule has 38 heavy (non-hydrogen) atoms. The maximum absolute atomic E-state index is 13.5. The van der Waals surface area contributed by atoms with Crippen LogP contribution in [0.25, 0.3) is 0 Å². The van der Waals surface area contributed by atoms with Crippen LogP contribution in [0.5, 0.6) is 0 Å². The van der Waals surface area contributed by atoms with Gasteiger partial charge in [0.25, 0.3) is 5.91 Å². The third kappa shape index (κ3) is 5.78. The molecule has 6 nitrogen and oxygen atoms in total. The van der Waals surface area contributed by atoms with Gasteiger partial charge in [0.1, 0.15) is 5.82 Å². The van der Waals surface area contributed by atoms with E-state index in [1.807, 2.05) is 40.1 Å². The lowest BCUT2D eigenvalue weighted by atomic mass is 9.49. The maximum atomic E-state index is 13.5. The fourth-order valence-corrected chi connectivity index (χ4v) is 6.23. The van der Waals surface area contributed by atoms with Crippen LogP contribution in [0.1, 0.15) is 42.6 Å². The second kappa shape index (κ2) is 11.3. The fraction of sp³-hybridized carbons (Fsp3) is 0.484. The molecule has 2 aromatic rings. The number of rotatable bonds is 8. The number of fused-ring (bicyclic) bond motifs is 1. The second-order valence-electron chi connectivity index (χ2n) is 11.5. The zero-order chi connectivity index (χ0) is 26.7. The molecule has 0 aromatic heterocycles. The average molecular weight is 519 g/mol. The number of nitrogens with zero attached hydrogens (tertiary/aromatic N) is 3. The molecule has 202 valence electrons. The predicted octanol–water partition coefficient (Wildman–Crippen LogP) is 4.79. The summed E-state index contributed by atoms with van der Waals surface area (Å²) < 4.78 is 13.5. The number of carbonyl (C=O) groups excluding carboxylic acids is 2. The Labute approximate surface area is 225 Å². The van der Waals surface area contributed by atoms with Gasteiger partial charge >= 0.3 is 6.03 Å². The molecular weight excluding hydrogens is 479 g/mol. The third-order valence-corrected chi connectivity index (χ3v) is 8.97. The summed E-state index contributed by atoms with van der Waals surface area (Å²) in [5.41, 5.74) is 3.27. The number of benzene rings is 2. The van der Waals surface area contributed by atoms with Crippen molar-refractivity contribution in [1.29, 1.82) is 0 Å². The van der Waals surface area contributed by atoms with Crippen molar-refractivity contribution in [3.8, 4) is 0 Å². The molecule has 1 saturated carbocycles. The van der Waals surface area contributed by atoms with Crippen LogP contribution in [0.15, 0.2) is 66.2 Å². The number of allylic oxidation sites excluding steroid dienone is 1. The Balaban J connectivity index is 1.16. The highest BCUT2D eigenvalue weighted by Crippen LogP contribution is 2.59. The van der Waals surface area contributed by atoms with Crippen molar-refractivity contribution < 1.29 is 14.0 Å². The Morgan fingerprint density at radius 1 is 1.03 bits per heavy atom. The van der Waals surface area contributed by atoms with E-state index >= 15 is 0 Å². The molecule has 2 unspecified atom stereocenters. The van der Waals surface area contributed by atoms with Crippen molar-refractivity contribution in [1.82, 2.24) is 20.0 Å². The highest BCUT2D eigenvalue weighted by molar-refractivity contribution is 5.94. The molecule has 3 amide bonds. The number of piperazine rings is 1. The smallest absolute Gasteiger partial charge is 0.317 e. The molecule has 1 saturated heterocycles. The Morgan fingerprint density at radius 3 is 2.39 bits per heavy atom. The Kier molecular flexibility index (Phi) is 7.84. The molecule has 7 heteroatoms. The zero-order valence-corrected chi connectivity index (χ0v) is 22.5. The van der Waals surface area contributed by atoms with Gasteiger partial charge in [0.15, 0.2) is 0 Å². The standard InChI is InChI=1S/C31H39FN4O2/c1-31(2)26-11-8-25(28(31)20-26)22-36(29(37)24-9-12-27(32)13-10-24)19-16-34-14-17-35(18-15-34)30(38)33-21-23-6-4-3-5-7-23/h3-10,12-13,26,28H,11,14-22H2,1-2H3,(H,33,38). The minimum Gasteiger partial charge on any atom is -0.334 e. The first kappa shape index (κ1) is 26.4. The highest BCUT2D eigenvalue weighted by Gasteiger charge is 2.51. The van der Waals surface area contributed by atoms with Gasteiger partial charge in [-0.3, -0.25) is 9.69 Å². The van der Waals surface area contributed by atoms with Gasteiger partial charge in [0.05, 0.1) is 0 Å². The second-order valence-corrected chi connectivity index (χ2v) is 11.5. The first-order valence-corrected chi connectivity index (χ1v) is 13.8. The van der Waals surface area contributed by atoms with Crippen molar-refractivity contribution in [3.63, 3.8) is 0 Å². The molecule has 0 spiro atoms. The highest BCUT2D eigenvalue weighted by atomic mass is 19.1. The maximum Gasteiger partial charge on any atom is 0.317 e. The molecular formula is C31H39FN4O2. The summed E-state index contributed by atoms with van der Waals surface area (Å²) >= 11 is 0. The van der Waals surface area contributed by atoms with E-state index in [1.54, 1.807) is 12.1 Å². The van der Waals surface area contributed by atoms with Gasteiger partial charge < -0.3 is 15.1 Å². The summed E-state index contributed by atoms with van der Waals surface area (Å²) in [5, 5.41) is 3.01. The Hall–Kier alpha value is -3.19. The Morgan fingerprint density at radius 2 is 1.74 bits per heavy atom. The number of carbonyl (C=O) groups is 2. The van der Waals surface area contributed by atoms with Crippen molar-refractivity contribution in [3.05, 3.63) is 83.2 Å². The molecule has 1 heterocycles. The fourth-order valence-electron chi connectivity index (χ4n) is 6.23. The number of hydrogen-bond donors (Lipinski definition) is 1. The monoisotopic (exact) mass is 518 g/mol. The van der Waals surface area contributed by atoms with Gasteiger partial charge in [0, 0.05) is 57.9 Å². The third-order valence-electron chi connectivity index (χ3n) is 8.97. The largest absolute Gasteiger partial charge is 0.334 e. The van der Waals surface area contributed by atoms with Crippen molar-refractivity contribution in [2.45, 2.75) is 33.2 Å². The van der Waals surface area contributed by atoms with Gasteiger partial charge in [-0.25, -0.2) is 9.18 Å². The van der Waals surface area contributed by atoms with E-state index in [9.17, 15) is 14.0 Å². The number of urea groups is 1. The minimum atomic E-state index is -0.337. The van der Waals surface area contributed by atoms with Crippen LogP contribution in [0.2, 0.25) is 0 Å². The number of nitrogens with one attached hydrogen (secondary N) is 1. The topological polar surface area (TPSA) is 55.9 Å². The van der Waals surface area contributed by atoms with E-state index in [1.165, 1.54) is 24.1 Å². The molecule has 1 aliphatic heterocycles. The van der Waals surface area contributed by atoms with Gasteiger partial charge in [-0.15, -0.1) is 0 Å². The molecule has 3 aliphatic carbocycles. The van der Waals surface area contributed by atoms with Crippen molar-refractivity contribution in [2.75, 3.05) is 45.8 Å². The van der Waals surface area contributed by atoms with Crippen LogP contribution < -0.4 is 5.32 Å². The number of hydrogen-bond acceptors (Lipinski definition) is 3. The quantitative estimate of drug-likeness (QED) is 0.512. The van der Waals surface area contributed by atoms with E-state index in [0.29, 0.717) is 49.6 Å². The lowest BCUT2D eigenvalue weighted by Crippen LogP contribution is -2.53. The summed E-state index contributed by atoms with van der Waals surface area (Å²) in [5.74, 6) is 0.890. The summed E-state index contributed by atoms with van der Waals surface area (Å²) in [6, 6.07) is 15.8. The summed E-state index contributed by atoms with van der Waals surface area (Å²) in [6.07, 6.45) is 4.65. The van der Waals surface area contributed by atoms with Crippen LogP contribution in [0.4, 0.5) is 9.18 Å². The van der Waals surface area contributed by atoms with Crippen LogP contribution >= 0.6 is 0 Å². The van der Waals surface area contributed by atoms with E-state index in [-0.39, 0.29) is 17.8 Å². The molecule has 6 rings (SSSR count).